The lowest BCUT2D eigenvalue weighted by Gasteiger charge is -2.24. The number of hydrogen-bond donors (Lipinski definition) is 1. The van der Waals surface area contributed by atoms with Gasteiger partial charge in [0.25, 0.3) is 15.9 Å². The third kappa shape index (κ3) is 4.81. The summed E-state index contributed by atoms with van der Waals surface area (Å²) in [6.45, 7) is -2.14. The molecule has 1 aliphatic rings. The first-order valence-electron chi connectivity index (χ1n) is 9.75. The van der Waals surface area contributed by atoms with Gasteiger partial charge in [0.05, 0.1) is 5.69 Å². The first kappa shape index (κ1) is 22.4. The highest BCUT2D eigenvalue weighted by atomic mass is 32.2. The third-order valence-corrected chi connectivity index (χ3v) is 7.35. The number of aromatic nitrogens is 1. The fourth-order valence-electron chi connectivity index (χ4n) is 3.30. The van der Waals surface area contributed by atoms with Crippen molar-refractivity contribution in [3.05, 3.63) is 47.5 Å². The number of anilines is 1. The average molecular weight is 484 g/mol. The molecule has 32 heavy (non-hydrogen) atoms. The molecule has 0 saturated carbocycles. The molecule has 8 nitrogen and oxygen atoms in total. The molecule has 0 spiro atoms. The van der Waals surface area contributed by atoms with Gasteiger partial charge in [-0.2, -0.15) is 13.1 Å². The number of amides is 1. The van der Waals surface area contributed by atoms with E-state index in [1.54, 1.807) is 23.6 Å². The minimum Gasteiger partial charge on any atom is -0.438 e. The molecule has 4 rings (SSSR count). The quantitative estimate of drug-likeness (QED) is 0.533. The highest BCUT2D eigenvalue weighted by Crippen LogP contribution is 2.33. The van der Waals surface area contributed by atoms with E-state index >= 15 is 0 Å². The van der Waals surface area contributed by atoms with Gasteiger partial charge in [0.15, 0.2) is 10.9 Å². The molecule has 1 aliphatic heterocycles. The van der Waals surface area contributed by atoms with Crippen LogP contribution in [0.2, 0.25) is 0 Å². The second kappa shape index (κ2) is 9.35. The SMILES string of the molecule is O=C(Nc1nc(-c2ccccc2OC(F)F)cs1)c1ccc(S(=O)(=O)N2CCCCC2)o1. The van der Waals surface area contributed by atoms with Crippen LogP contribution in [0.25, 0.3) is 11.3 Å². The largest absolute Gasteiger partial charge is 0.438 e. The number of thiazole rings is 1. The zero-order chi connectivity index (χ0) is 22.7. The van der Waals surface area contributed by atoms with Gasteiger partial charge in [-0.25, -0.2) is 13.4 Å². The summed E-state index contributed by atoms with van der Waals surface area (Å²) in [7, 11) is -3.80. The van der Waals surface area contributed by atoms with E-state index in [9.17, 15) is 22.0 Å². The number of sulfonamides is 1. The van der Waals surface area contributed by atoms with E-state index in [0.29, 0.717) is 24.3 Å². The van der Waals surface area contributed by atoms with E-state index in [0.717, 1.165) is 30.6 Å². The van der Waals surface area contributed by atoms with Crippen LogP contribution in [0.4, 0.5) is 13.9 Å². The molecule has 0 unspecified atom stereocenters. The Labute approximate surface area is 186 Å². The zero-order valence-corrected chi connectivity index (χ0v) is 18.3. The molecule has 1 fully saturated rings. The lowest BCUT2D eigenvalue weighted by Crippen LogP contribution is -2.35. The molecule has 0 atom stereocenters. The fraction of sp³-hybridized carbons (Fsp3) is 0.300. The minimum absolute atomic E-state index is 0.0377. The van der Waals surface area contributed by atoms with Crippen LogP contribution in [0.5, 0.6) is 5.75 Å². The molecule has 3 aromatic rings. The Morgan fingerprint density at radius 1 is 1.16 bits per heavy atom. The lowest BCUT2D eigenvalue weighted by molar-refractivity contribution is -0.0494. The molecule has 1 saturated heterocycles. The molecule has 3 heterocycles. The fourth-order valence-corrected chi connectivity index (χ4v) is 5.44. The Bertz CT molecular complexity index is 1200. The predicted octanol–water partition coefficient (Wildman–Crippen LogP) is 4.43. The number of furan rings is 1. The van der Waals surface area contributed by atoms with Crippen molar-refractivity contribution in [3.63, 3.8) is 0 Å². The number of alkyl halides is 2. The number of para-hydroxylation sites is 1. The van der Waals surface area contributed by atoms with E-state index < -0.39 is 22.5 Å². The number of piperidine rings is 1. The Morgan fingerprint density at radius 3 is 2.66 bits per heavy atom. The molecule has 0 bridgehead atoms. The zero-order valence-electron chi connectivity index (χ0n) is 16.7. The number of carbonyl (C=O) groups excluding carboxylic acids is 1. The van der Waals surface area contributed by atoms with Crippen LogP contribution in [-0.4, -0.2) is 43.3 Å². The van der Waals surface area contributed by atoms with Gasteiger partial charge >= 0.3 is 6.61 Å². The molecule has 170 valence electrons. The van der Waals surface area contributed by atoms with E-state index in [1.165, 1.54) is 22.5 Å². The van der Waals surface area contributed by atoms with E-state index in [1.807, 2.05) is 0 Å². The lowest BCUT2D eigenvalue weighted by atomic mass is 10.1. The van der Waals surface area contributed by atoms with Crippen molar-refractivity contribution in [1.29, 1.82) is 0 Å². The second-order valence-corrected chi connectivity index (χ2v) is 9.68. The van der Waals surface area contributed by atoms with E-state index in [-0.39, 0.29) is 21.7 Å². The molecule has 0 radical (unpaired) electrons. The molecule has 0 aliphatic carbocycles. The van der Waals surface area contributed by atoms with Gasteiger partial charge in [-0.1, -0.05) is 18.6 Å². The minimum atomic E-state index is -3.80. The van der Waals surface area contributed by atoms with E-state index in [4.69, 9.17) is 4.42 Å². The van der Waals surface area contributed by atoms with Crippen molar-refractivity contribution < 1.29 is 31.1 Å². The van der Waals surface area contributed by atoms with Crippen molar-refractivity contribution in [3.8, 4) is 17.0 Å². The number of halogens is 2. The highest BCUT2D eigenvalue weighted by Gasteiger charge is 2.29. The van der Waals surface area contributed by atoms with Gasteiger partial charge < -0.3 is 9.15 Å². The Hall–Kier alpha value is -2.83. The van der Waals surface area contributed by atoms with E-state index in [2.05, 4.69) is 15.0 Å². The first-order chi connectivity index (χ1) is 15.3. The summed E-state index contributed by atoms with van der Waals surface area (Å²) in [6.07, 6.45) is 2.54. The monoisotopic (exact) mass is 483 g/mol. The van der Waals surface area contributed by atoms with Crippen LogP contribution < -0.4 is 10.1 Å². The number of nitrogens with one attached hydrogen (secondary N) is 1. The Morgan fingerprint density at radius 2 is 1.91 bits per heavy atom. The number of ether oxygens (including phenoxy) is 1. The summed E-state index contributed by atoms with van der Waals surface area (Å²) in [6, 6.07) is 8.71. The number of carbonyl (C=O) groups is 1. The molecule has 1 N–H and O–H groups in total. The van der Waals surface area contributed by atoms with Gasteiger partial charge in [-0.15, -0.1) is 11.3 Å². The van der Waals surface area contributed by atoms with Crippen LogP contribution >= 0.6 is 11.3 Å². The number of benzene rings is 1. The molecule has 2 aromatic heterocycles. The van der Waals surface area contributed by atoms with Crippen molar-refractivity contribution in [2.24, 2.45) is 0 Å². The van der Waals surface area contributed by atoms with Crippen LogP contribution in [0, 0.1) is 0 Å². The highest BCUT2D eigenvalue weighted by molar-refractivity contribution is 7.89. The molecule has 1 aromatic carbocycles. The Balaban J connectivity index is 1.48. The maximum Gasteiger partial charge on any atom is 0.387 e. The number of rotatable bonds is 7. The second-order valence-electron chi connectivity index (χ2n) is 6.95. The summed E-state index contributed by atoms with van der Waals surface area (Å²) in [4.78, 5) is 16.8. The molecule has 1 amide bonds. The average Bonchev–Trinajstić information content (AvgIpc) is 3.45. The maximum atomic E-state index is 12.7. The summed E-state index contributed by atoms with van der Waals surface area (Å²) in [5, 5.41) is 4.01. The normalized spacial score (nSPS) is 15.1. The van der Waals surface area contributed by atoms with Crippen molar-refractivity contribution in [1.82, 2.24) is 9.29 Å². The van der Waals surface area contributed by atoms with Crippen molar-refractivity contribution >= 4 is 32.4 Å². The summed E-state index contributed by atoms with van der Waals surface area (Å²) in [5.74, 6) is -0.897. The van der Waals surface area contributed by atoms with Gasteiger partial charge in [0, 0.05) is 24.0 Å². The number of nitrogens with zero attached hydrogens (tertiary/aromatic N) is 2. The smallest absolute Gasteiger partial charge is 0.387 e. The first-order valence-corrected chi connectivity index (χ1v) is 12.1. The topological polar surface area (TPSA) is 102 Å². The summed E-state index contributed by atoms with van der Waals surface area (Å²) in [5.41, 5.74) is 0.687. The van der Waals surface area contributed by atoms with Crippen molar-refractivity contribution in [2.45, 2.75) is 31.0 Å². The number of hydrogen-bond acceptors (Lipinski definition) is 7. The van der Waals surface area contributed by atoms with Gasteiger partial charge in [-0.05, 0) is 37.1 Å². The molecular formula is C20H19F2N3O5S2. The van der Waals surface area contributed by atoms with Crippen LogP contribution in [0.1, 0.15) is 29.8 Å². The van der Waals surface area contributed by atoms with Gasteiger partial charge in [0.1, 0.15) is 5.75 Å². The standard InChI is InChI=1S/C20H19F2N3O5S2/c21-19(22)30-15-7-3-2-6-13(15)14-12-31-20(23-14)24-18(26)16-8-9-17(29-16)32(27,28)25-10-4-1-5-11-25/h2-3,6-9,12,19H,1,4-5,10-11H2,(H,23,24,26). The molecule has 12 heteroatoms. The van der Waals surface area contributed by atoms with Crippen LogP contribution in [-0.2, 0) is 10.0 Å². The Kier molecular flexibility index (Phi) is 6.53. The summed E-state index contributed by atoms with van der Waals surface area (Å²) >= 11 is 1.08. The van der Waals surface area contributed by atoms with Gasteiger partial charge in [0.2, 0.25) is 5.09 Å². The predicted molar refractivity (Wildman–Crippen MR) is 113 cm³/mol. The van der Waals surface area contributed by atoms with Gasteiger partial charge in [-0.3, -0.25) is 10.1 Å². The van der Waals surface area contributed by atoms with Crippen LogP contribution in [0.15, 0.2) is 51.3 Å². The molecular weight excluding hydrogens is 464 g/mol. The maximum absolute atomic E-state index is 12.7. The van der Waals surface area contributed by atoms with Crippen LogP contribution in [0.3, 0.4) is 0 Å². The van der Waals surface area contributed by atoms with Crippen molar-refractivity contribution in [2.75, 3.05) is 18.4 Å². The summed E-state index contributed by atoms with van der Waals surface area (Å²) < 4.78 is 61.8. The third-order valence-electron chi connectivity index (χ3n) is 4.82.